The average Bonchev–Trinajstić information content (AvgIpc) is 2.38. The van der Waals surface area contributed by atoms with Gasteiger partial charge < -0.3 is 4.74 Å². The molecule has 7 nitrogen and oxygen atoms in total. The minimum absolute atomic E-state index is 0.144. The van der Waals surface area contributed by atoms with Gasteiger partial charge in [0.1, 0.15) is 0 Å². The summed E-state index contributed by atoms with van der Waals surface area (Å²) in [5.41, 5.74) is -0.517. The molecule has 1 unspecified atom stereocenters. The van der Waals surface area contributed by atoms with E-state index < -0.39 is 25.5 Å². The number of benzene rings is 1. The minimum Gasteiger partial charge on any atom is -0.376 e. The van der Waals surface area contributed by atoms with Crippen LogP contribution >= 0.6 is 11.6 Å². The van der Waals surface area contributed by atoms with Crippen molar-refractivity contribution in [2.75, 3.05) is 19.7 Å². The molecule has 0 amide bonds. The highest BCUT2D eigenvalue weighted by molar-refractivity contribution is 7.89. The number of hydrogen-bond donors (Lipinski definition) is 0. The Labute approximate surface area is 121 Å². The fourth-order valence-corrected chi connectivity index (χ4v) is 4.19. The fourth-order valence-electron chi connectivity index (χ4n) is 2.03. The van der Waals surface area contributed by atoms with Crippen molar-refractivity contribution >= 4 is 27.3 Å². The van der Waals surface area contributed by atoms with Gasteiger partial charge in [0, 0.05) is 19.2 Å². The zero-order valence-corrected chi connectivity index (χ0v) is 12.2. The summed E-state index contributed by atoms with van der Waals surface area (Å²) in [5, 5.41) is 10.9. The smallest absolute Gasteiger partial charge is 0.290 e. The van der Waals surface area contributed by atoms with E-state index in [4.69, 9.17) is 16.3 Å². The Morgan fingerprint density at radius 3 is 2.80 bits per heavy atom. The van der Waals surface area contributed by atoms with E-state index in [0.717, 1.165) is 10.4 Å². The van der Waals surface area contributed by atoms with E-state index in [2.05, 4.69) is 0 Å². The molecule has 0 N–H and O–H groups in total. The van der Waals surface area contributed by atoms with E-state index in [9.17, 15) is 18.5 Å². The fraction of sp³-hybridized carbons (Fsp3) is 0.455. The SMILES string of the molecule is CC1CN(S(=O)(=O)c2c(Cl)cccc2[N+](=O)[O-])CCO1. The van der Waals surface area contributed by atoms with Gasteiger partial charge in [-0.2, -0.15) is 4.31 Å². The minimum atomic E-state index is -4.02. The number of ether oxygens (including phenoxy) is 1. The molecule has 9 heteroatoms. The summed E-state index contributed by atoms with van der Waals surface area (Å²) in [7, 11) is -4.02. The third-order valence-corrected chi connectivity index (χ3v) is 5.33. The Bertz CT molecular complexity index is 634. The predicted molar refractivity (Wildman–Crippen MR) is 72.3 cm³/mol. The maximum Gasteiger partial charge on any atom is 0.290 e. The summed E-state index contributed by atoms with van der Waals surface area (Å²) >= 11 is 5.87. The van der Waals surface area contributed by atoms with Gasteiger partial charge in [-0.1, -0.05) is 17.7 Å². The molecule has 0 radical (unpaired) electrons. The third kappa shape index (κ3) is 2.78. The summed E-state index contributed by atoms with van der Waals surface area (Å²) < 4.78 is 31.6. The van der Waals surface area contributed by atoms with Crippen LogP contribution in [0.1, 0.15) is 6.92 Å². The Morgan fingerprint density at radius 2 is 2.20 bits per heavy atom. The summed E-state index contributed by atoms with van der Waals surface area (Å²) in [4.78, 5) is 9.80. The number of halogens is 1. The van der Waals surface area contributed by atoms with Crippen molar-refractivity contribution in [3.8, 4) is 0 Å². The lowest BCUT2D eigenvalue weighted by atomic mass is 10.3. The molecule has 1 aromatic rings. The van der Waals surface area contributed by atoms with E-state index in [-0.39, 0.29) is 30.8 Å². The third-order valence-electron chi connectivity index (χ3n) is 2.94. The molecule has 110 valence electrons. The van der Waals surface area contributed by atoms with Crippen LogP contribution in [0.3, 0.4) is 0 Å². The van der Waals surface area contributed by atoms with Gasteiger partial charge in [-0.05, 0) is 13.0 Å². The van der Waals surface area contributed by atoms with Crippen LogP contribution in [0, 0.1) is 10.1 Å². The van der Waals surface area contributed by atoms with Crippen LogP contribution in [0.15, 0.2) is 23.1 Å². The van der Waals surface area contributed by atoms with E-state index in [1.54, 1.807) is 6.92 Å². The molecule has 20 heavy (non-hydrogen) atoms. The molecule has 0 spiro atoms. The van der Waals surface area contributed by atoms with Crippen molar-refractivity contribution in [2.45, 2.75) is 17.9 Å². The van der Waals surface area contributed by atoms with Crippen LogP contribution in [0.4, 0.5) is 5.69 Å². The van der Waals surface area contributed by atoms with Crippen molar-refractivity contribution in [1.29, 1.82) is 0 Å². The molecule has 1 aliphatic rings. The Morgan fingerprint density at radius 1 is 1.50 bits per heavy atom. The molecule has 0 aliphatic carbocycles. The maximum atomic E-state index is 12.6. The van der Waals surface area contributed by atoms with Crippen molar-refractivity contribution in [3.63, 3.8) is 0 Å². The van der Waals surface area contributed by atoms with Crippen molar-refractivity contribution in [2.24, 2.45) is 0 Å². The van der Waals surface area contributed by atoms with Gasteiger partial charge in [-0.15, -0.1) is 0 Å². The number of nitro benzene ring substituents is 1. The Balaban J connectivity index is 2.52. The summed E-state index contributed by atoms with van der Waals surface area (Å²) in [6, 6.07) is 3.80. The van der Waals surface area contributed by atoms with Crippen LogP contribution in [-0.2, 0) is 14.8 Å². The first-order chi connectivity index (χ1) is 9.34. The normalized spacial score (nSPS) is 20.8. The number of morpholine rings is 1. The van der Waals surface area contributed by atoms with Crippen LogP contribution in [-0.4, -0.2) is 43.4 Å². The summed E-state index contributed by atoms with van der Waals surface area (Å²) in [6.45, 7) is 2.28. The number of rotatable bonds is 3. The van der Waals surface area contributed by atoms with E-state index in [0.29, 0.717) is 0 Å². The number of sulfonamides is 1. The molecule has 0 saturated carbocycles. The second-order valence-corrected chi connectivity index (χ2v) is 6.67. The molecule has 2 rings (SSSR count). The summed E-state index contributed by atoms with van der Waals surface area (Å²) in [5.74, 6) is 0. The molecule has 0 bridgehead atoms. The quantitative estimate of drug-likeness (QED) is 0.624. The van der Waals surface area contributed by atoms with Crippen LogP contribution < -0.4 is 0 Å². The standard InChI is InChI=1S/C11H13ClN2O5S/c1-8-7-13(5-6-19-8)20(17,18)11-9(12)3-2-4-10(11)14(15)16/h2-4,8H,5-7H2,1H3. The number of hydrogen-bond acceptors (Lipinski definition) is 5. The van der Waals surface area contributed by atoms with Crippen molar-refractivity contribution in [3.05, 3.63) is 33.3 Å². The first kappa shape index (κ1) is 15.2. The van der Waals surface area contributed by atoms with Crippen molar-refractivity contribution in [1.82, 2.24) is 4.31 Å². The van der Waals surface area contributed by atoms with E-state index in [1.165, 1.54) is 12.1 Å². The lowest BCUT2D eigenvalue weighted by Gasteiger charge is -2.30. The number of nitro groups is 1. The van der Waals surface area contributed by atoms with Gasteiger partial charge >= 0.3 is 0 Å². The second-order valence-electron chi connectivity index (χ2n) is 4.39. The first-order valence-corrected chi connectivity index (χ1v) is 7.70. The molecule has 1 heterocycles. The predicted octanol–water partition coefficient (Wildman–Crippen LogP) is 1.66. The van der Waals surface area contributed by atoms with Gasteiger partial charge in [-0.3, -0.25) is 10.1 Å². The molecular formula is C11H13ClN2O5S. The van der Waals surface area contributed by atoms with Gasteiger partial charge in [0.15, 0.2) is 4.90 Å². The van der Waals surface area contributed by atoms with Gasteiger partial charge in [-0.25, -0.2) is 8.42 Å². The van der Waals surface area contributed by atoms with Gasteiger partial charge in [0.2, 0.25) is 0 Å². The summed E-state index contributed by atoms with van der Waals surface area (Å²) in [6.07, 6.45) is -0.264. The second kappa shape index (κ2) is 5.65. The van der Waals surface area contributed by atoms with Gasteiger partial charge in [0.05, 0.1) is 22.7 Å². The van der Waals surface area contributed by atoms with Crippen LogP contribution in [0.25, 0.3) is 0 Å². The molecule has 0 aromatic heterocycles. The number of nitrogens with zero attached hydrogens (tertiary/aromatic N) is 2. The highest BCUT2D eigenvalue weighted by Crippen LogP contribution is 2.33. The largest absolute Gasteiger partial charge is 0.376 e. The molecule has 1 fully saturated rings. The molecule has 1 saturated heterocycles. The topological polar surface area (TPSA) is 89.8 Å². The Kier molecular flexibility index (Phi) is 4.28. The lowest BCUT2D eigenvalue weighted by molar-refractivity contribution is -0.387. The van der Waals surface area contributed by atoms with E-state index >= 15 is 0 Å². The molecule has 1 aromatic carbocycles. The Hall–Kier alpha value is -1.22. The van der Waals surface area contributed by atoms with E-state index in [1.807, 2.05) is 0 Å². The van der Waals surface area contributed by atoms with Gasteiger partial charge in [0.25, 0.3) is 15.7 Å². The highest BCUT2D eigenvalue weighted by atomic mass is 35.5. The molecule has 1 aliphatic heterocycles. The first-order valence-electron chi connectivity index (χ1n) is 5.88. The lowest BCUT2D eigenvalue weighted by Crippen LogP contribution is -2.44. The highest BCUT2D eigenvalue weighted by Gasteiger charge is 2.36. The maximum absolute atomic E-state index is 12.6. The van der Waals surface area contributed by atoms with Crippen LogP contribution in [0.5, 0.6) is 0 Å². The average molecular weight is 321 g/mol. The monoisotopic (exact) mass is 320 g/mol. The van der Waals surface area contributed by atoms with Crippen LogP contribution in [0.2, 0.25) is 5.02 Å². The zero-order chi connectivity index (χ0) is 14.9. The molecular weight excluding hydrogens is 308 g/mol. The molecule has 1 atom stereocenters. The van der Waals surface area contributed by atoms with Crippen molar-refractivity contribution < 1.29 is 18.1 Å². The zero-order valence-electron chi connectivity index (χ0n) is 10.7.